The molecule has 21 heavy (non-hydrogen) atoms. The molecular weight excluding hydrogens is 334 g/mol. The molecule has 0 bridgehead atoms. The van der Waals surface area contributed by atoms with E-state index in [1.807, 2.05) is 12.1 Å². The number of nitrogens with one attached hydrogen (secondary N) is 1. The summed E-state index contributed by atoms with van der Waals surface area (Å²) in [6.45, 7) is 3.38. The summed E-state index contributed by atoms with van der Waals surface area (Å²) in [7, 11) is 3.42. The van der Waals surface area contributed by atoms with Crippen LogP contribution >= 0.6 is 15.9 Å². The summed E-state index contributed by atoms with van der Waals surface area (Å²) < 4.78 is 17.6. The van der Waals surface area contributed by atoms with E-state index in [0.29, 0.717) is 5.92 Å². The van der Waals surface area contributed by atoms with Crippen molar-refractivity contribution in [2.24, 2.45) is 5.92 Å². The maximum absolute atomic E-state index is 6.06. The maximum atomic E-state index is 6.06. The molecule has 1 aliphatic rings. The average molecular weight is 358 g/mol. The Bertz CT molecular complexity index is 442. The Labute approximate surface area is 135 Å². The van der Waals surface area contributed by atoms with Crippen LogP contribution in [0.2, 0.25) is 0 Å². The van der Waals surface area contributed by atoms with E-state index in [1.54, 1.807) is 14.2 Å². The minimum atomic E-state index is 0.110. The zero-order valence-electron chi connectivity index (χ0n) is 12.7. The largest absolute Gasteiger partial charge is 0.497 e. The molecule has 0 saturated carbocycles. The molecule has 0 aliphatic carbocycles. The summed E-state index contributed by atoms with van der Waals surface area (Å²) >= 11 is 3.64. The van der Waals surface area contributed by atoms with Crippen LogP contribution in [-0.2, 0) is 9.47 Å². The van der Waals surface area contributed by atoms with E-state index < -0.39 is 0 Å². The number of methoxy groups -OCH3 is 2. The molecule has 1 N–H and O–H groups in total. The van der Waals surface area contributed by atoms with Gasteiger partial charge in [0.05, 0.1) is 19.8 Å². The van der Waals surface area contributed by atoms with Crippen LogP contribution in [0.15, 0.2) is 22.7 Å². The van der Waals surface area contributed by atoms with Gasteiger partial charge in [0, 0.05) is 37.2 Å². The van der Waals surface area contributed by atoms with Crippen molar-refractivity contribution in [1.29, 1.82) is 0 Å². The van der Waals surface area contributed by atoms with Crippen molar-refractivity contribution in [3.8, 4) is 5.75 Å². The molecule has 1 fully saturated rings. The lowest BCUT2D eigenvalue weighted by molar-refractivity contribution is -0.0285. The summed E-state index contributed by atoms with van der Waals surface area (Å²) in [6.07, 6.45) is 2.40. The van der Waals surface area contributed by atoms with E-state index in [1.165, 1.54) is 12.0 Å². The zero-order chi connectivity index (χ0) is 15.1. The fraction of sp³-hybridized carbons (Fsp3) is 0.625. The second kappa shape index (κ2) is 8.73. The Kier molecular flexibility index (Phi) is 6.96. The van der Waals surface area contributed by atoms with Gasteiger partial charge in [-0.15, -0.1) is 0 Å². The Morgan fingerprint density at radius 1 is 1.38 bits per heavy atom. The highest BCUT2D eigenvalue weighted by molar-refractivity contribution is 9.10. The standard InChI is InChI=1S/C16H24BrNO3/c1-19-9-7-18-11-12-4-3-8-21-16(12)14-10-13(20-2)5-6-15(14)17/h5-6,10,12,16,18H,3-4,7-9,11H2,1-2H3. The first-order valence-electron chi connectivity index (χ1n) is 7.41. The summed E-state index contributed by atoms with van der Waals surface area (Å²) in [6, 6.07) is 6.06. The fourth-order valence-electron chi connectivity index (χ4n) is 2.72. The van der Waals surface area contributed by atoms with Crippen LogP contribution in [0.4, 0.5) is 0 Å². The fourth-order valence-corrected chi connectivity index (χ4v) is 3.20. The molecule has 118 valence electrons. The van der Waals surface area contributed by atoms with Crippen molar-refractivity contribution >= 4 is 15.9 Å². The lowest BCUT2D eigenvalue weighted by Crippen LogP contribution is -2.33. The zero-order valence-corrected chi connectivity index (χ0v) is 14.3. The highest BCUT2D eigenvalue weighted by atomic mass is 79.9. The molecule has 1 saturated heterocycles. The van der Waals surface area contributed by atoms with Crippen LogP contribution in [0.25, 0.3) is 0 Å². The molecule has 0 amide bonds. The molecule has 0 radical (unpaired) electrons. The molecular formula is C16H24BrNO3. The van der Waals surface area contributed by atoms with Crippen LogP contribution < -0.4 is 10.1 Å². The number of rotatable bonds is 7. The van der Waals surface area contributed by atoms with Gasteiger partial charge in [0.25, 0.3) is 0 Å². The quantitative estimate of drug-likeness (QED) is 0.760. The first-order valence-corrected chi connectivity index (χ1v) is 8.20. The third kappa shape index (κ3) is 4.68. The Morgan fingerprint density at radius 3 is 3.00 bits per heavy atom. The highest BCUT2D eigenvalue weighted by Crippen LogP contribution is 2.38. The molecule has 1 aromatic carbocycles. The van der Waals surface area contributed by atoms with E-state index >= 15 is 0 Å². The number of hydrogen-bond donors (Lipinski definition) is 1. The summed E-state index contributed by atoms with van der Waals surface area (Å²) in [5.41, 5.74) is 1.17. The second-order valence-corrected chi connectivity index (χ2v) is 6.13. The van der Waals surface area contributed by atoms with Gasteiger partial charge in [-0.05, 0) is 36.6 Å². The van der Waals surface area contributed by atoms with Crippen LogP contribution in [-0.4, -0.2) is 40.5 Å². The van der Waals surface area contributed by atoms with Crippen molar-refractivity contribution in [2.75, 3.05) is 40.5 Å². The van der Waals surface area contributed by atoms with Gasteiger partial charge < -0.3 is 19.5 Å². The Balaban J connectivity index is 2.07. The molecule has 0 aromatic heterocycles. The van der Waals surface area contributed by atoms with Gasteiger partial charge in [-0.3, -0.25) is 0 Å². The molecule has 2 unspecified atom stereocenters. The minimum Gasteiger partial charge on any atom is -0.497 e. The van der Waals surface area contributed by atoms with Crippen LogP contribution in [0.3, 0.4) is 0 Å². The molecule has 4 nitrogen and oxygen atoms in total. The van der Waals surface area contributed by atoms with E-state index in [0.717, 1.165) is 42.9 Å². The highest BCUT2D eigenvalue weighted by Gasteiger charge is 2.28. The van der Waals surface area contributed by atoms with Crippen molar-refractivity contribution in [1.82, 2.24) is 5.32 Å². The van der Waals surface area contributed by atoms with Crippen LogP contribution in [0.5, 0.6) is 5.75 Å². The number of ether oxygens (including phenoxy) is 3. The molecule has 1 aromatic rings. The SMILES string of the molecule is COCCNCC1CCCOC1c1cc(OC)ccc1Br. The predicted octanol–water partition coefficient (Wildman–Crippen LogP) is 3.16. The van der Waals surface area contributed by atoms with Crippen LogP contribution in [0, 0.1) is 5.92 Å². The van der Waals surface area contributed by atoms with E-state index in [2.05, 4.69) is 27.3 Å². The number of benzene rings is 1. The lowest BCUT2D eigenvalue weighted by Gasteiger charge is -2.33. The smallest absolute Gasteiger partial charge is 0.119 e. The summed E-state index contributed by atoms with van der Waals surface area (Å²) in [5.74, 6) is 1.34. The maximum Gasteiger partial charge on any atom is 0.119 e. The van der Waals surface area contributed by atoms with Crippen molar-refractivity contribution in [3.63, 3.8) is 0 Å². The topological polar surface area (TPSA) is 39.7 Å². The third-order valence-corrected chi connectivity index (χ3v) is 4.57. The Morgan fingerprint density at radius 2 is 2.24 bits per heavy atom. The van der Waals surface area contributed by atoms with Gasteiger partial charge >= 0.3 is 0 Å². The normalized spacial score (nSPS) is 22.2. The number of halogens is 1. The monoisotopic (exact) mass is 357 g/mol. The van der Waals surface area contributed by atoms with Gasteiger partial charge in [-0.25, -0.2) is 0 Å². The average Bonchev–Trinajstić information content (AvgIpc) is 2.53. The van der Waals surface area contributed by atoms with Gasteiger partial charge in [-0.2, -0.15) is 0 Å². The molecule has 5 heteroatoms. The van der Waals surface area contributed by atoms with Gasteiger partial charge in [0.2, 0.25) is 0 Å². The number of hydrogen-bond acceptors (Lipinski definition) is 4. The van der Waals surface area contributed by atoms with Crippen molar-refractivity contribution in [2.45, 2.75) is 18.9 Å². The minimum absolute atomic E-state index is 0.110. The van der Waals surface area contributed by atoms with E-state index in [9.17, 15) is 0 Å². The molecule has 1 heterocycles. The first-order chi connectivity index (χ1) is 10.3. The molecule has 2 rings (SSSR count). The molecule has 1 aliphatic heterocycles. The second-order valence-electron chi connectivity index (χ2n) is 5.28. The van der Waals surface area contributed by atoms with E-state index in [4.69, 9.17) is 14.2 Å². The third-order valence-electron chi connectivity index (χ3n) is 3.84. The molecule has 0 spiro atoms. The summed E-state index contributed by atoms with van der Waals surface area (Å²) in [5, 5.41) is 3.45. The van der Waals surface area contributed by atoms with Gasteiger partial charge in [-0.1, -0.05) is 15.9 Å². The molecule has 2 atom stereocenters. The first kappa shape index (κ1) is 16.7. The summed E-state index contributed by atoms with van der Waals surface area (Å²) in [4.78, 5) is 0. The van der Waals surface area contributed by atoms with Crippen molar-refractivity contribution < 1.29 is 14.2 Å². The lowest BCUT2D eigenvalue weighted by atomic mass is 9.89. The van der Waals surface area contributed by atoms with E-state index in [-0.39, 0.29) is 6.10 Å². The van der Waals surface area contributed by atoms with Crippen LogP contribution in [0.1, 0.15) is 24.5 Å². The van der Waals surface area contributed by atoms with Crippen molar-refractivity contribution in [3.05, 3.63) is 28.2 Å². The van der Waals surface area contributed by atoms with Gasteiger partial charge in [0.1, 0.15) is 5.75 Å². The Hall–Kier alpha value is -0.620. The van der Waals surface area contributed by atoms with Gasteiger partial charge in [0.15, 0.2) is 0 Å². The predicted molar refractivity (Wildman–Crippen MR) is 86.9 cm³/mol.